The van der Waals surface area contributed by atoms with Crippen LogP contribution in [-0.4, -0.2) is 12.4 Å². The number of aryl methyl sites for hydroxylation is 1. The molecule has 0 saturated carbocycles. The van der Waals surface area contributed by atoms with Gasteiger partial charge in [0.2, 0.25) is 0 Å². The van der Waals surface area contributed by atoms with Crippen LogP contribution in [0, 0.1) is 6.92 Å². The molecule has 0 unspecified atom stereocenters. The van der Waals surface area contributed by atoms with Gasteiger partial charge in [-0.25, -0.2) is 4.79 Å². The predicted octanol–water partition coefficient (Wildman–Crippen LogP) is -0.828. The van der Waals surface area contributed by atoms with Crippen molar-refractivity contribution in [3.05, 3.63) is 32.7 Å². The third kappa shape index (κ3) is 1.83. The molecule has 0 bridgehead atoms. The van der Waals surface area contributed by atoms with Crippen molar-refractivity contribution in [2.24, 2.45) is 0 Å². The Kier molecular flexibility index (Phi) is 2.08. The van der Waals surface area contributed by atoms with E-state index >= 15 is 0 Å². The summed E-state index contributed by atoms with van der Waals surface area (Å²) in [4.78, 5) is 21.5. The number of hydrogen-bond acceptors (Lipinski definition) is 5. The highest BCUT2D eigenvalue weighted by molar-refractivity contribution is 7.84. The second kappa shape index (κ2) is 2.80. The van der Waals surface area contributed by atoms with Gasteiger partial charge in [0.1, 0.15) is 5.76 Å². The van der Waals surface area contributed by atoms with Crippen LogP contribution in [0.15, 0.2) is 20.1 Å². The first-order valence-corrected chi connectivity index (χ1v) is 4.35. The fourth-order valence-electron chi connectivity index (χ4n) is 0.728. The van der Waals surface area contributed by atoms with Crippen LogP contribution in [-0.2, 0) is 10.4 Å². The molecule has 0 spiro atoms. The smallest absolute Gasteiger partial charge is 0.414 e. The largest absolute Gasteiger partial charge is 0.438 e. The molecule has 0 radical (unpaired) electrons. The molecular weight excluding hydrogens is 205 g/mol. The normalized spacial score (nSPS) is 11.5. The molecule has 1 aromatic rings. The number of halogens is 1. The van der Waals surface area contributed by atoms with Gasteiger partial charge in [0.05, 0.1) is 0 Å². The Morgan fingerprint density at radius 2 is 2.00 bits per heavy atom. The highest BCUT2D eigenvalue weighted by Crippen LogP contribution is 1.91. The summed E-state index contributed by atoms with van der Waals surface area (Å²) < 4.78 is 36.3. The first-order chi connectivity index (χ1) is 5.82. The van der Waals surface area contributed by atoms with E-state index in [4.69, 9.17) is 0 Å². The van der Waals surface area contributed by atoms with Gasteiger partial charge in [-0.3, -0.25) is 4.79 Å². The van der Waals surface area contributed by atoms with Gasteiger partial charge in [0.25, 0.3) is 5.56 Å². The number of aromatic nitrogens is 1. The Morgan fingerprint density at radius 3 is 2.38 bits per heavy atom. The van der Waals surface area contributed by atoms with E-state index < -0.39 is 25.7 Å². The van der Waals surface area contributed by atoms with Crippen LogP contribution in [0.5, 0.6) is 0 Å². The molecule has 0 fully saturated rings. The number of rotatable bonds is 1. The van der Waals surface area contributed by atoms with Crippen LogP contribution in [0.3, 0.4) is 0 Å². The molecule has 1 heterocycles. The molecule has 0 aliphatic heterocycles. The molecule has 8 heteroatoms. The molecule has 0 aromatic carbocycles. The number of hydrogen-bond donors (Lipinski definition) is 0. The van der Waals surface area contributed by atoms with E-state index in [-0.39, 0.29) is 5.76 Å². The first kappa shape index (κ1) is 9.65. The minimum atomic E-state index is -5.38. The summed E-state index contributed by atoms with van der Waals surface area (Å²) >= 11 is 0. The van der Waals surface area contributed by atoms with Crippen LogP contribution < -0.4 is 11.3 Å². The summed E-state index contributed by atoms with van der Waals surface area (Å²) in [5.74, 6) is -1.65. The molecule has 1 aromatic heterocycles. The Hall–Kier alpha value is -1.44. The monoisotopic (exact) mass is 209 g/mol. The average molecular weight is 209 g/mol. The summed E-state index contributed by atoms with van der Waals surface area (Å²) in [6.45, 7) is 1.26. The minimum Gasteiger partial charge on any atom is -0.414 e. The lowest BCUT2D eigenvalue weighted by molar-refractivity contribution is 0.430. The van der Waals surface area contributed by atoms with Crippen molar-refractivity contribution in [1.82, 2.24) is 3.97 Å². The average Bonchev–Trinajstić information content (AvgIpc) is 1.78. The summed E-state index contributed by atoms with van der Waals surface area (Å²) in [6, 6.07) is 0.693. The maximum Gasteiger partial charge on any atom is 0.438 e. The maximum atomic E-state index is 12.2. The Labute approximate surface area is 71.6 Å². The molecular formula is C5H4FNO5S. The van der Waals surface area contributed by atoms with E-state index in [1.807, 2.05) is 0 Å². The summed E-state index contributed by atoms with van der Waals surface area (Å²) in [5, 5.41) is 0. The zero-order valence-corrected chi connectivity index (χ0v) is 7.17. The fourth-order valence-corrected chi connectivity index (χ4v) is 1.21. The third-order valence-corrected chi connectivity index (χ3v) is 1.92. The predicted molar refractivity (Wildman–Crippen MR) is 39.4 cm³/mol. The fraction of sp³-hybridized carbons (Fsp3) is 0.200. The highest BCUT2D eigenvalue weighted by atomic mass is 32.3. The molecule has 13 heavy (non-hydrogen) atoms. The lowest BCUT2D eigenvalue weighted by Gasteiger charge is -1.95. The minimum absolute atomic E-state index is 0.0881. The molecule has 0 saturated heterocycles. The Morgan fingerprint density at radius 1 is 1.46 bits per heavy atom. The zero-order chi connectivity index (χ0) is 10.2. The van der Waals surface area contributed by atoms with Gasteiger partial charge >= 0.3 is 16.2 Å². The highest BCUT2D eigenvalue weighted by Gasteiger charge is 2.18. The molecule has 1 rings (SSSR count). The van der Waals surface area contributed by atoms with Crippen molar-refractivity contribution >= 4 is 10.4 Å². The van der Waals surface area contributed by atoms with E-state index in [9.17, 15) is 21.9 Å². The molecule has 0 N–H and O–H groups in total. The van der Waals surface area contributed by atoms with Crippen molar-refractivity contribution in [3.8, 4) is 0 Å². The Bertz CT molecular complexity index is 508. The van der Waals surface area contributed by atoms with E-state index in [0.29, 0.717) is 6.07 Å². The van der Waals surface area contributed by atoms with Gasteiger partial charge in [-0.2, -0.15) is 8.42 Å². The second-order valence-electron chi connectivity index (χ2n) is 2.17. The summed E-state index contributed by atoms with van der Waals surface area (Å²) in [6.07, 6.45) is 0. The van der Waals surface area contributed by atoms with Crippen LogP contribution >= 0.6 is 0 Å². The maximum absolute atomic E-state index is 12.2. The van der Waals surface area contributed by atoms with Crippen LogP contribution in [0.2, 0.25) is 0 Å². The van der Waals surface area contributed by atoms with Gasteiger partial charge in [-0.05, 0) is 6.92 Å². The van der Waals surface area contributed by atoms with Gasteiger partial charge in [0, 0.05) is 6.07 Å². The van der Waals surface area contributed by atoms with Gasteiger partial charge in [-0.1, -0.05) is 3.89 Å². The van der Waals surface area contributed by atoms with Crippen molar-refractivity contribution < 1.29 is 16.7 Å². The third-order valence-electron chi connectivity index (χ3n) is 1.16. The standard InChI is InChI=1S/C5H4FNO5S/c1-3-2-4(8)7(5(9)12-3)13(6,10)11/h2H,1H3. The molecule has 72 valence electrons. The van der Waals surface area contributed by atoms with Crippen molar-refractivity contribution in [2.75, 3.05) is 0 Å². The molecule has 0 atom stereocenters. The van der Waals surface area contributed by atoms with Crippen LogP contribution in [0.4, 0.5) is 3.89 Å². The molecule has 0 amide bonds. The summed E-state index contributed by atoms with van der Waals surface area (Å²) in [7, 11) is -5.38. The van der Waals surface area contributed by atoms with Gasteiger partial charge < -0.3 is 4.42 Å². The van der Waals surface area contributed by atoms with Crippen LogP contribution in [0.1, 0.15) is 5.76 Å². The zero-order valence-electron chi connectivity index (χ0n) is 6.35. The van der Waals surface area contributed by atoms with E-state index in [2.05, 4.69) is 4.42 Å². The second-order valence-corrected chi connectivity index (χ2v) is 3.36. The van der Waals surface area contributed by atoms with Crippen LogP contribution in [0.25, 0.3) is 0 Å². The van der Waals surface area contributed by atoms with E-state index in [1.54, 1.807) is 0 Å². The lowest BCUT2D eigenvalue weighted by Crippen LogP contribution is -2.35. The molecule has 0 aliphatic rings. The van der Waals surface area contributed by atoms with Crippen molar-refractivity contribution in [1.29, 1.82) is 0 Å². The topological polar surface area (TPSA) is 86.4 Å². The molecule has 6 nitrogen and oxygen atoms in total. The molecule has 0 aliphatic carbocycles. The van der Waals surface area contributed by atoms with E-state index in [0.717, 1.165) is 0 Å². The number of nitrogens with zero attached hydrogens (tertiary/aromatic N) is 1. The van der Waals surface area contributed by atoms with Gasteiger partial charge in [-0.15, -0.1) is 3.97 Å². The first-order valence-electron chi connectivity index (χ1n) is 3.01. The quantitative estimate of drug-likeness (QED) is 0.563. The SMILES string of the molecule is Cc1cc(=O)n(S(=O)(=O)F)c(=O)o1. The van der Waals surface area contributed by atoms with E-state index in [1.165, 1.54) is 6.92 Å². The lowest BCUT2D eigenvalue weighted by atomic mass is 10.5. The summed E-state index contributed by atoms with van der Waals surface area (Å²) in [5.41, 5.74) is -1.28. The van der Waals surface area contributed by atoms with Gasteiger partial charge in [0.15, 0.2) is 0 Å². The van der Waals surface area contributed by atoms with Crippen molar-refractivity contribution in [3.63, 3.8) is 0 Å². The van der Waals surface area contributed by atoms with Crippen molar-refractivity contribution in [2.45, 2.75) is 6.92 Å². The Balaban J connectivity index is 3.78.